The van der Waals surface area contributed by atoms with Crippen molar-refractivity contribution in [3.05, 3.63) is 64.9 Å². The molecule has 0 spiro atoms. The summed E-state index contributed by atoms with van der Waals surface area (Å²) in [6.07, 6.45) is 0.523. The molecule has 2 heterocycles. The van der Waals surface area contributed by atoms with Crippen LogP contribution in [0, 0.1) is 0 Å². The Hall–Kier alpha value is -2.33. The maximum absolute atomic E-state index is 12.0. The third-order valence-corrected chi connectivity index (χ3v) is 4.86. The molecule has 3 aromatic rings. The monoisotopic (exact) mass is 339 g/mol. The fourth-order valence-electron chi connectivity index (χ4n) is 3.43. The molecule has 1 fully saturated rings. The van der Waals surface area contributed by atoms with Crippen molar-refractivity contribution in [2.24, 2.45) is 0 Å². The Morgan fingerprint density at radius 1 is 1.21 bits per heavy atom. The van der Waals surface area contributed by atoms with Gasteiger partial charge in [0.15, 0.2) is 0 Å². The van der Waals surface area contributed by atoms with Crippen molar-refractivity contribution in [2.75, 3.05) is 13.6 Å². The fourth-order valence-corrected chi connectivity index (χ4v) is 3.64. The number of nitrogens with zero attached hydrogens (tertiary/aromatic N) is 3. The number of amides is 1. The number of likely N-dealkylation sites (tertiary alicyclic amines) is 1. The maximum atomic E-state index is 12.0. The lowest BCUT2D eigenvalue weighted by Crippen LogP contribution is -2.19. The Labute approximate surface area is 145 Å². The topological polar surface area (TPSA) is 38.1 Å². The van der Waals surface area contributed by atoms with Crippen molar-refractivity contribution in [3.63, 3.8) is 0 Å². The summed E-state index contributed by atoms with van der Waals surface area (Å²) < 4.78 is 2.22. The second-order valence-electron chi connectivity index (χ2n) is 6.35. The standard InChI is InChI=1S/C19H18ClN3O/c1-22-12-14(10-18(22)24)19-21-16-7-2-3-8-17(16)23(19)11-13-5-4-6-15(20)9-13/h2-9,14H,10-12H2,1H3/t14-/m0/s1. The Morgan fingerprint density at radius 3 is 2.79 bits per heavy atom. The molecule has 1 aromatic heterocycles. The van der Waals surface area contributed by atoms with Crippen molar-refractivity contribution >= 4 is 28.5 Å². The smallest absolute Gasteiger partial charge is 0.223 e. The molecule has 1 aliphatic rings. The summed E-state index contributed by atoms with van der Waals surface area (Å²) in [4.78, 5) is 18.6. The lowest BCUT2D eigenvalue weighted by Gasteiger charge is -2.14. The predicted molar refractivity (Wildman–Crippen MR) is 95.3 cm³/mol. The van der Waals surface area contributed by atoms with Gasteiger partial charge in [-0.1, -0.05) is 35.9 Å². The van der Waals surface area contributed by atoms with E-state index in [-0.39, 0.29) is 11.8 Å². The van der Waals surface area contributed by atoms with E-state index in [1.165, 1.54) is 0 Å². The molecule has 0 saturated carbocycles. The SMILES string of the molecule is CN1C[C@@H](c2nc3ccccc3n2Cc2cccc(Cl)c2)CC1=O. The minimum Gasteiger partial charge on any atom is -0.345 e. The minimum absolute atomic E-state index is 0.133. The summed E-state index contributed by atoms with van der Waals surface area (Å²) in [6.45, 7) is 1.42. The van der Waals surface area contributed by atoms with Crippen LogP contribution in [0.25, 0.3) is 11.0 Å². The van der Waals surface area contributed by atoms with Gasteiger partial charge in [-0.3, -0.25) is 4.79 Å². The molecule has 2 aromatic carbocycles. The van der Waals surface area contributed by atoms with Gasteiger partial charge in [0.2, 0.25) is 5.91 Å². The summed E-state index contributed by atoms with van der Waals surface area (Å²) in [5.41, 5.74) is 3.19. The van der Waals surface area contributed by atoms with Gasteiger partial charge in [-0.25, -0.2) is 4.98 Å². The number of halogens is 1. The molecule has 5 heteroatoms. The first-order chi connectivity index (χ1) is 11.6. The highest BCUT2D eigenvalue weighted by atomic mass is 35.5. The first-order valence-corrected chi connectivity index (χ1v) is 8.43. The van der Waals surface area contributed by atoms with Crippen LogP contribution in [-0.2, 0) is 11.3 Å². The normalized spacial score (nSPS) is 17.8. The summed E-state index contributed by atoms with van der Waals surface area (Å²) in [5, 5.41) is 0.731. The molecule has 0 bridgehead atoms. The van der Waals surface area contributed by atoms with E-state index >= 15 is 0 Å². The van der Waals surface area contributed by atoms with Crippen LogP contribution < -0.4 is 0 Å². The molecule has 1 saturated heterocycles. The number of hydrogen-bond donors (Lipinski definition) is 0. The van der Waals surface area contributed by atoms with Crippen molar-refractivity contribution in [1.29, 1.82) is 0 Å². The van der Waals surface area contributed by atoms with Gasteiger partial charge in [0.1, 0.15) is 5.82 Å². The zero-order valence-corrected chi connectivity index (χ0v) is 14.2. The molecule has 4 rings (SSSR count). The van der Waals surface area contributed by atoms with Crippen LogP contribution in [0.3, 0.4) is 0 Å². The first-order valence-electron chi connectivity index (χ1n) is 8.05. The molecular weight excluding hydrogens is 322 g/mol. The van der Waals surface area contributed by atoms with Crippen molar-refractivity contribution in [2.45, 2.75) is 18.9 Å². The second-order valence-corrected chi connectivity index (χ2v) is 6.79. The molecular formula is C19H18ClN3O. The Bertz CT molecular complexity index is 918. The highest BCUT2D eigenvalue weighted by Crippen LogP contribution is 2.30. The molecule has 1 atom stereocenters. The van der Waals surface area contributed by atoms with Gasteiger partial charge in [0, 0.05) is 37.5 Å². The van der Waals surface area contributed by atoms with Crippen molar-refractivity contribution in [3.8, 4) is 0 Å². The maximum Gasteiger partial charge on any atom is 0.223 e. The van der Waals surface area contributed by atoms with Crippen LogP contribution in [0.2, 0.25) is 5.02 Å². The number of benzene rings is 2. The molecule has 24 heavy (non-hydrogen) atoms. The third-order valence-electron chi connectivity index (χ3n) is 4.62. The van der Waals surface area contributed by atoms with Gasteiger partial charge in [0.25, 0.3) is 0 Å². The molecule has 1 aliphatic heterocycles. The van der Waals surface area contributed by atoms with E-state index in [1.807, 2.05) is 43.4 Å². The molecule has 0 N–H and O–H groups in total. The number of hydrogen-bond acceptors (Lipinski definition) is 2. The molecule has 122 valence electrons. The first kappa shape index (κ1) is 15.2. The summed E-state index contributed by atoms with van der Waals surface area (Å²) in [7, 11) is 1.85. The number of aromatic nitrogens is 2. The van der Waals surface area contributed by atoms with E-state index in [0.29, 0.717) is 13.0 Å². The van der Waals surface area contributed by atoms with Gasteiger partial charge in [-0.15, -0.1) is 0 Å². The number of rotatable bonds is 3. The van der Waals surface area contributed by atoms with Crippen LogP contribution in [0.4, 0.5) is 0 Å². The van der Waals surface area contributed by atoms with Gasteiger partial charge in [-0.2, -0.15) is 0 Å². The number of carbonyl (C=O) groups is 1. The summed E-state index contributed by atoms with van der Waals surface area (Å²) in [5.74, 6) is 1.30. The van der Waals surface area contributed by atoms with Crippen LogP contribution in [-0.4, -0.2) is 34.0 Å². The zero-order valence-electron chi connectivity index (χ0n) is 13.4. The fraction of sp³-hybridized carbons (Fsp3) is 0.263. The highest BCUT2D eigenvalue weighted by molar-refractivity contribution is 6.30. The molecule has 0 aliphatic carbocycles. The lowest BCUT2D eigenvalue weighted by molar-refractivity contribution is -0.126. The van der Waals surface area contributed by atoms with Crippen LogP contribution >= 0.6 is 11.6 Å². The Kier molecular flexibility index (Phi) is 3.77. The van der Waals surface area contributed by atoms with Crippen LogP contribution in [0.5, 0.6) is 0 Å². The highest BCUT2D eigenvalue weighted by Gasteiger charge is 2.31. The predicted octanol–water partition coefficient (Wildman–Crippen LogP) is 3.68. The average Bonchev–Trinajstić information content (AvgIpc) is 3.09. The Morgan fingerprint density at radius 2 is 2.04 bits per heavy atom. The molecule has 0 unspecified atom stereocenters. The summed E-state index contributed by atoms with van der Waals surface area (Å²) in [6, 6.07) is 16.0. The largest absolute Gasteiger partial charge is 0.345 e. The van der Waals surface area contributed by atoms with E-state index in [9.17, 15) is 4.79 Å². The molecule has 4 nitrogen and oxygen atoms in total. The van der Waals surface area contributed by atoms with Gasteiger partial charge in [-0.05, 0) is 29.8 Å². The van der Waals surface area contributed by atoms with E-state index in [1.54, 1.807) is 4.90 Å². The van der Waals surface area contributed by atoms with Gasteiger partial charge >= 0.3 is 0 Å². The number of fused-ring (bicyclic) bond motifs is 1. The van der Waals surface area contributed by atoms with E-state index in [0.717, 1.165) is 34.0 Å². The summed E-state index contributed by atoms with van der Waals surface area (Å²) >= 11 is 6.13. The minimum atomic E-state index is 0.133. The number of likely N-dealkylation sites (N-methyl/N-ethyl adjacent to an activating group) is 1. The van der Waals surface area contributed by atoms with E-state index in [4.69, 9.17) is 16.6 Å². The van der Waals surface area contributed by atoms with E-state index in [2.05, 4.69) is 16.7 Å². The van der Waals surface area contributed by atoms with Crippen molar-refractivity contribution < 1.29 is 4.79 Å². The number of para-hydroxylation sites is 2. The van der Waals surface area contributed by atoms with Crippen molar-refractivity contribution in [1.82, 2.24) is 14.5 Å². The van der Waals surface area contributed by atoms with Crippen LogP contribution in [0.15, 0.2) is 48.5 Å². The zero-order chi connectivity index (χ0) is 16.7. The lowest BCUT2D eigenvalue weighted by atomic mass is 10.1. The molecule has 1 amide bonds. The van der Waals surface area contributed by atoms with E-state index < -0.39 is 0 Å². The van der Waals surface area contributed by atoms with Crippen LogP contribution in [0.1, 0.15) is 23.7 Å². The second kappa shape index (κ2) is 5.95. The molecule has 0 radical (unpaired) electrons. The number of imidazole rings is 1. The quantitative estimate of drug-likeness (QED) is 0.730. The number of carbonyl (C=O) groups excluding carboxylic acids is 1. The Balaban J connectivity index is 1.80. The third kappa shape index (κ3) is 2.67. The average molecular weight is 340 g/mol. The van der Waals surface area contributed by atoms with Gasteiger partial charge in [0.05, 0.1) is 11.0 Å². The van der Waals surface area contributed by atoms with Gasteiger partial charge < -0.3 is 9.47 Å².